The minimum atomic E-state index is -1.31. The van der Waals surface area contributed by atoms with Gasteiger partial charge in [-0.3, -0.25) is 14.4 Å². The highest BCUT2D eigenvalue weighted by molar-refractivity contribution is 8.00. The van der Waals surface area contributed by atoms with Crippen molar-refractivity contribution in [3.05, 3.63) is 16.8 Å². The molecule has 0 aromatic carbocycles. The van der Waals surface area contributed by atoms with Gasteiger partial charge >= 0.3 is 5.97 Å². The van der Waals surface area contributed by atoms with Crippen LogP contribution in [0.2, 0.25) is 0 Å². The van der Waals surface area contributed by atoms with Gasteiger partial charge in [0.1, 0.15) is 21.3 Å². The number of aromatic nitrogens is 6. The Morgan fingerprint density at radius 1 is 1.42 bits per heavy atom. The molecule has 0 saturated carbocycles. The van der Waals surface area contributed by atoms with Crippen molar-refractivity contribution in [3.63, 3.8) is 0 Å². The van der Waals surface area contributed by atoms with Gasteiger partial charge in [0.25, 0.3) is 5.91 Å². The number of amides is 2. The Bertz CT molecular complexity index is 859. The van der Waals surface area contributed by atoms with Gasteiger partial charge < -0.3 is 10.0 Å². The summed E-state index contributed by atoms with van der Waals surface area (Å²) < 4.78 is 0. The van der Waals surface area contributed by atoms with E-state index in [9.17, 15) is 19.5 Å². The molecule has 2 aromatic heterocycles. The molecule has 2 saturated heterocycles. The quantitative estimate of drug-likeness (QED) is 0.594. The number of β-lactam (4-membered cyclic amide) rings is 1. The molecule has 0 spiro atoms. The Kier molecular flexibility index (Phi) is 3.87. The van der Waals surface area contributed by atoms with Gasteiger partial charge in [-0.25, -0.2) is 5.01 Å². The third kappa shape index (κ3) is 2.28. The van der Waals surface area contributed by atoms with E-state index in [1.54, 1.807) is 0 Å². The minimum Gasteiger partial charge on any atom is -0.480 e. The molecule has 0 radical (unpaired) electrons. The van der Waals surface area contributed by atoms with Crippen LogP contribution in [0.4, 0.5) is 0 Å². The number of aliphatic carboxylic acids is 1. The summed E-state index contributed by atoms with van der Waals surface area (Å²) in [6.07, 6.45) is 1.23. The normalized spacial score (nSPS) is 27.6. The highest BCUT2D eigenvalue weighted by Crippen LogP contribution is 2.45. The lowest BCUT2D eigenvalue weighted by molar-refractivity contribution is -0.154. The first-order chi connectivity index (χ1) is 12.5. The number of thioether (sulfide) groups is 1. The summed E-state index contributed by atoms with van der Waals surface area (Å²) in [6, 6.07) is -0.790. The zero-order chi connectivity index (χ0) is 18.5. The molecule has 2 aliphatic rings. The molecular weight excluding hydrogens is 384 g/mol. The van der Waals surface area contributed by atoms with E-state index in [2.05, 4.69) is 25.7 Å². The summed E-state index contributed by atoms with van der Waals surface area (Å²) in [5, 5.41) is 29.2. The Hall–Kier alpha value is -2.61. The van der Waals surface area contributed by atoms with E-state index >= 15 is 0 Å². The predicted octanol–water partition coefficient (Wildman–Crippen LogP) is -1.68. The van der Waals surface area contributed by atoms with Crippen molar-refractivity contribution < 1.29 is 19.5 Å². The van der Waals surface area contributed by atoms with Crippen LogP contribution in [0, 0.1) is 0 Å². The first-order valence-corrected chi connectivity index (χ1v) is 9.34. The minimum absolute atomic E-state index is 0.0219. The fraction of sp³-hybridized carbons (Fsp3) is 0.500. The van der Waals surface area contributed by atoms with E-state index in [-0.39, 0.29) is 23.6 Å². The topological polar surface area (TPSA) is 147 Å². The number of tetrazole rings is 1. The zero-order valence-electron chi connectivity index (χ0n) is 13.3. The maximum Gasteiger partial charge on any atom is 0.319 e. The number of carbonyl (C=O) groups is 3. The number of hydrogen-bond acceptors (Lipinski definition) is 10. The molecule has 14 heteroatoms. The average molecular weight is 396 g/mol. The van der Waals surface area contributed by atoms with Crippen LogP contribution in [0.5, 0.6) is 0 Å². The summed E-state index contributed by atoms with van der Waals surface area (Å²) in [7, 11) is 0. The number of rotatable bonds is 4. The van der Waals surface area contributed by atoms with Crippen molar-refractivity contribution in [2.75, 3.05) is 17.3 Å². The van der Waals surface area contributed by atoms with E-state index in [1.165, 1.54) is 40.4 Å². The van der Waals surface area contributed by atoms with Crippen LogP contribution in [0.3, 0.4) is 0 Å². The van der Waals surface area contributed by atoms with Crippen LogP contribution in [-0.2, 0) is 19.8 Å². The lowest BCUT2D eigenvalue weighted by Gasteiger charge is -2.55. The van der Waals surface area contributed by atoms with Crippen LogP contribution < -0.4 is 5.01 Å². The molecule has 4 heterocycles. The van der Waals surface area contributed by atoms with Crippen LogP contribution in [0.15, 0.2) is 11.8 Å². The highest BCUT2D eigenvalue weighted by atomic mass is 32.2. The summed E-state index contributed by atoms with van der Waals surface area (Å²) in [6.45, 7) is 1.29. The summed E-state index contributed by atoms with van der Waals surface area (Å²) >= 11 is 2.43. The predicted molar refractivity (Wildman–Crippen MR) is 87.7 cm³/mol. The van der Waals surface area contributed by atoms with E-state index in [4.69, 9.17) is 0 Å². The summed E-state index contributed by atoms with van der Waals surface area (Å²) in [5.41, 5.74) is 0.158. The zero-order valence-corrected chi connectivity index (χ0v) is 14.9. The van der Waals surface area contributed by atoms with E-state index in [0.29, 0.717) is 5.01 Å². The van der Waals surface area contributed by atoms with Crippen molar-refractivity contribution in [3.8, 4) is 0 Å². The standard InChI is InChI=1S/C12H12N8O4S2/c1-6(21)20(19-4-13-16-17-19)7-8(22)18-2-12(11(23)24,3-25-9(7)18)10-15-14-5-26-10/h4-5,7,9H,2-3H2,1H3,(H,23,24)/t7?,9-,12?/m1/s1. The van der Waals surface area contributed by atoms with Crippen LogP contribution in [0.25, 0.3) is 0 Å². The molecule has 0 bridgehead atoms. The molecule has 3 atom stereocenters. The third-order valence-electron chi connectivity index (χ3n) is 4.38. The Balaban J connectivity index is 1.62. The van der Waals surface area contributed by atoms with Gasteiger partial charge in [-0.15, -0.1) is 43.2 Å². The number of hydrogen-bond donors (Lipinski definition) is 1. The molecule has 2 aliphatic heterocycles. The van der Waals surface area contributed by atoms with Crippen LogP contribution in [0.1, 0.15) is 11.9 Å². The molecule has 12 nitrogen and oxygen atoms in total. The van der Waals surface area contributed by atoms with E-state index in [1.807, 2.05) is 0 Å². The van der Waals surface area contributed by atoms with E-state index < -0.39 is 23.3 Å². The maximum absolute atomic E-state index is 12.7. The molecule has 2 aromatic rings. The van der Waals surface area contributed by atoms with Crippen molar-refractivity contribution in [1.82, 2.24) is 35.4 Å². The molecule has 2 fully saturated rings. The second-order valence-electron chi connectivity index (χ2n) is 5.84. The Labute approximate surface area is 154 Å². The number of nitrogens with zero attached hydrogens (tertiary/aromatic N) is 8. The van der Waals surface area contributed by atoms with Gasteiger partial charge in [0.05, 0.1) is 0 Å². The molecule has 0 aliphatic carbocycles. The second-order valence-corrected chi connectivity index (χ2v) is 7.78. The van der Waals surface area contributed by atoms with Crippen molar-refractivity contribution in [2.24, 2.45) is 0 Å². The average Bonchev–Trinajstić information content (AvgIpc) is 3.31. The van der Waals surface area contributed by atoms with Gasteiger partial charge in [-0.05, 0) is 10.4 Å². The van der Waals surface area contributed by atoms with Crippen LogP contribution in [-0.4, -0.2) is 82.0 Å². The monoisotopic (exact) mass is 396 g/mol. The molecule has 26 heavy (non-hydrogen) atoms. The van der Waals surface area contributed by atoms with Gasteiger partial charge in [0, 0.05) is 19.2 Å². The molecule has 2 unspecified atom stereocenters. The first kappa shape index (κ1) is 16.8. The number of carbonyl (C=O) groups excluding carboxylic acids is 2. The SMILES string of the molecule is CC(=O)N(C1C(=O)N2CC(C(=O)O)(c3nncs3)CS[C@H]12)n1cnnn1. The largest absolute Gasteiger partial charge is 0.480 e. The van der Waals surface area contributed by atoms with Crippen molar-refractivity contribution in [1.29, 1.82) is 0 Å². The second kappa shape index (κ2) is 5.98. The lowest BCUT2D eigenvalue weighted by Crippen LogP contribution is -2.76. The highest BCUT2D eigenvalue weighted by Gasteiger charge is 2.61. The van der Waals surface area contributed by atoms with Crippen molar-refractivity contribution in [2.45, 2.75) is 23.8 Å². The molecule has 4 rings (SSSR count). The summed E-state index contributed by atoms with van der Waals surface area (Å²) in [5.74, 6) is -1.59. The van der Waals surface area contributed by atoms with Gasteiger partial charge in [-0.2, -0.15) is 0 Å². The molecule has 136 valence electrons. The third-order valence-corrected chi connectivity index (χ3v) is 6.79. The molecule has 2 amide bonds. The van der Waals surface area contributed by atoms with Crippen molar-refractivity contribution >= 4 is 40.9 Å². The summed E-state index contributed by atoms with van der Waals surface area (Å²) in [4.78, 5) is 39.3. The first-order valence-electron chi connectivity index (χ1n) is 7.41. The number of fused-ring (bicyclic) bond motifs is 1. The fourth-order valence-electron chi connectivity index (χ4n) is 3.10. The number of carboxylic acids is 1. The molecular formula is C12H12N8O4S2. The van der Waals surface area contributed by atoms with Gasteiger partial charge in [-0.1, -0.05) is 0 Å². The van der Waals surface area contributed by atoms with E-state index in [0.717, 1.165) is 16.1 Å². The number of carboxylic acid groups (broad SMARTS) is 1. The smallest absolute Gasteiger partial charge is 0.319 e. The lowest BCUT2D eigenvalue weighted by atomic mass is 9.87. The Morgan fingerprint density at radius 3 is 2.81 bits per heavy atom. The maximum atomic E-state index is 12.7. The van der Waals surface area contributed by atoms with Crippen LogP contribution >= 0.6 is 23.1 Å². The fourth-order valence-corrected chi connectivity index (χ4v) is 5.51. The van der Waals surface area contributed by atoms with Gasteiger partial charge in [0.15, 0.2) is 12.4 Å². The molecule has 1 N–H and O–H groups in total. The van der Waals surface area contributed by atoms with Gasteiger partial charge in [0.2, 0.25) is 5.91 Å². The Morgan fingerprint density at radius 2 is 2.23 bits per heavy atom.